The van der Waals surface area contributed by atoms with Crippen LogP contribution in [0.4, 0.5) is 0 Å². The molecule has 0 bridgehead atoms. The molecular formula is C18H23NO2. The van der Waals surface area contributed by atoms with Crippen molar-refractivity contribution in [3.05, 3.63) is 59.5 Å². The Morgan fingerprint density at radius 3 is 2.71 bits per heavy atom. The van der Waals surface area contributed by atoms with E-state index in [2.05, 4.69) is 36.5 Å². The lowest BCUT2D eigenvalue weighted by atomic mass is 9.95. The predicted octanol–water partition coefficient (Wildman–Crippen LogP) is 4.02. The standard InChI is InChI=1S/C18H23NO2/c1-13-8-9-17(21-13)14(2)19-12-16-10-11-20-18(16)15-6-4-3-5-7-15/h3-9,14,16,18-19H,10-12H2,1-2H3/t14-,16-,18+/m0/s1. The lowest BCUT2D eigenvalue weighted by molar-refractivity contribution is 0.0897. The molecule has 2 heterocycles. The van der Waals surface area contributed by atoms with E-state index in [0.29, 0.717) is 5.92 Å². The fraction of sp³-hybridized carbons (Fsp3) is 0.444. The van der Waals surface area contributed by atoms with Crippen molar-refractivity contribution in [3.8, 4) is 0 Å². The first-order chi connectivity index (χ1) is 10.2. The van der Waals surface area contributed by atoms with Crippen molar-refractivity contribution in [2.24, 2.45) is 5.92 Å². The van der Waals surface area contributed by atoms with E-state index in [0.717, 1.165) is 31.1 Å². The smallest absolute Gasteiger partial charge is 0.120 e. The Bertz CT molecular complexity index is 564. The van der Waals surface area contributed by atoms with Gasteiger partial charge in [0.15, 0.2) is 0 Å². The second-order valence-electron chi connectivity index (χ2n) is 5.83. The van der Waals surface area contributed by atoms with Crippen LogP contribution in [0.15, 0.2) is 46.9 Å². The van der Waals surface area contributed by atoms with Gasteiger partial charge in [-0.25, -0.2) is 0 Å². The normalized spacial score (nSPS) is 23.3. The maximum absolute atomic E-state index is 5.93. The van der Waals surface area contributed by atoms with Gasteiger partial charge in [-0.3, -0.25) is 0 Å². The first kappa shape index (κ1) is 14.4. The van der Waals surface area contributed by atoms with Gasteiger partial charge in [0, 0.05) is 19.1 Å². The van der Waals surface area contributed by atoms with Crippen LogP contribution in [0.2, 0.25) is 0 Å². The van der Waals surface area contributed by atoms with E-state index in [4.69, 9.17) is 9.15 Å². The molecule has 1 aliphatic rings. The first-order valence-electron chi connectivity index (χ1n) is 7.70. The molecule has 1 fully saturated rings. The van der Waals surface area contributed by atoms with Crippen molar-refractivity contribution >= 4 is 0 Å². The fourth-order valence-corrected chi connectivity index (χ4v) is 2.97. The minimum absolute atomic E-state index is 0.212. The highest BCUT2D eigenvalue weighted by Gasteiger charge is 2.29. The van der Waals surface area contributed by atoms with Gasteiger partial charge in [-0.1, -0.05) is 30.3 Å². The average molecular weight is 285 g/mol. The van der Waals surface area contributed by atoms with Gasteiger partial charge in [-0.15, -0.1) is 0 Å². The zero-order chi connectivity index (χ0) is 14.7. The summed E-state index contributed by atoms with van der Waals surface area (Å²) in [4.78, 5) is 0. The van der Waals surface area contributed by atoms with Gasteiger partial charge in [0.2, 0.25) is 0 Å². The van der Waals surface area contributed by atoms with E-state index in [9.17, 15) is 0 Å². The van der Waals surface area contributed by atoms with E-state index < -0.39 is 0 Å². The molecule has 3 rings (SSSR count). The summed E-state index contributed by atoms with van der Waals surface area (Å²) in [5.74, 6) is 2.48. The summed E-state index contributed by atoms with van der Waals surface area (Å²) < 4.78 is 11.6. The molecular weight excluding hydrogens is 262 g/mol. The summed E-state index contributed by atoms with van der Waals surface area (Å²) in [7, 11) is 0. The van der Waals surface area contributed by atoms with Gasteiger partial charge in [-0.2, -0.15) is 0 Å². The van der Waals surface area contributed by atoms with Crippen LogP contribution in [0.3, 0.4) is 0 Å². The third kappa shape index (κ3) is 3.36. The number of nitrogens with one attached hydrogen (secondary N) is 1. The van der Waals surface area contributed by atoms with Crippen LogP contribution in [0, 0.1) is 12.8 Å². The average Bonchev–Trinajstić information content (AvgIpc) is 3.14. The number of benzene rings is 1. The molecule has 0 aliphatic carbocycles. The predicted molar refractivity (Wildman–Crippen MR) is 83.1 cm³/mol. The zero-order valence-electron chi connectivity index (χ0n) is 12.7. The molecule has 1 saturated heterocycles. The van der Waals surface area contributed by atoms with Crippen LogP contribution in [0.5, 0.6) is 0 Å². The molecule has 21 heavy (non-hydrogen) atoms. The Balaban J connectivity index is 1.59. The second kappa shape index (κ2) is 6.46. The van der Waals surface area contributed by atoms with Crippen LogP contribution < -0.4 is 5.32 Å². The van der Waals surface area contributed by atoms with Crippen molar-refractivity contribution < 1.29 is 9.15 Å². The fourth-order valence-electron chi connectivity index (χ4n) is 2.97. The molecule has 2 aromatic rings. The summed E-state index contributed by atoms with van der Waals surface area (Å²) in [6.07, 6.45) is 1.32. The van der Waals surface area contributed by atoms with Crippen molar-refractivity contribution in [1.29, 1.82) is 0 Å². The van der Waals surface area contributed by atoms with Crippen molar-refractivity contribution in [2.45, 2.75) is 32.4 Å². The highest BCUT2D eigenvalue weighted by Crippen LogP contribution is 2.34. The lowest BCUT2D eigenvalue weighted by Gasteiger charge is -2.21. The molecule has 0 saturated carbocycles. The van der Waals surface area contributed by atoms with E-state index >= 15 is 0 Å². The van der Waals surface area contributed by atoms with Gasteiger partial charge in [0.1, 0.15) is 11.5 Å². The third-order valence-corrected chi connectivity index (χ3v) is 4.22. The monoisotopic (exact) mass is 285 g/mol. The van der Waals surface area contributed by atoms with Gasteiger partial charge in [0.25, 0.3) is 0 Å². The topological polar surface area (TPSA) is 34.4 Å². The van der Waals surface area contributed by atoms with E-state index in [1.54, 1.807) is 0 Å². The highest BCUT2D eigenvalue weighted by molar-refractivity contribution is 5.19. The lowest BCUT2D eigenvalue weighted by Crippen LogP contribution is -2.27. The largest absolute Gasteiger partial charge is 0.465 e. The van der Waals surface area contributed by atoms with Crippen LogP contribution in [-0.2, 0) is 4.74 Å². The van der Waals surface area contributed by atoms with Gasteiger partial charge in [-0.05, 0) is 38.0 Å². The molecule has 3 heteroatoms. The number of furan rings is 1. The van der Waals surface area contributed by atoms with E-state index in [-0.39, 0.29) is 12.1 Å². The number of ether oxygens (including phenoxy) is 1. The maximum atomic E-state index is 5.93. The summed E-state index contributed by atoms with van der Waals surface area (Å²) in [6, 6.07) is 14.8. The molecule has 1 aromatic carbocycles. The first-order valence-corrected chi connectivity index (χ1v) is 7.70. The molecule has 112 valence electrons. The van der Waals surface area contributed by atoms with Crippen LogP contribution in [-0.4, -0.2) is 13.2 Å². The molecule has 0 radical (unpaired) electrons. The summed E-state index contributed by atoms with van der Waals surface area (Å²) >= 11 is 0. The van der Waals surface area contributed by atoms with Crippen LogP contribution in [0.25, 0.3) is 0 Å². The van der Waals surface area contributed by atoms with Crippen molar-refractivity contribution in [2.75, 3.05) is 13.2 Å². The van der Waals surface area contributed by atoms with Gasteiger partial charge in [0.05, 0.1) is 12.1 Å². The minimum Gasteiger partial charge on any atom is -0.465 e. The molecule has 0 amide bonds. The molecule has 0 unspecified atom stereocenters. The van der Waals surface area contributed by atoms with Crippen LogP contribution in [0.1, 0.15) is 42.6 Å². The van der Waals surface area contributed by atoms with Crippen molar-refractivity contribution in [3.63, 3.8) is 0 Å². The molecule has 0 spiro atoms. The molecule has 1 aromatic heterocycles. The van der Waals surface area contributed by atoms with E-state index in [1.165, 1.54) is 5.56 Å². The zero-order valence-corrected chi connectivity index (χ0v) is 12.7. The number of hydrogen-bond acceptors (Lipinski definition) is 3. The van der Waals surface area contributed by atoms with Crippen LogP contribution >= 0.6 is 0 Å². The molecule has 1 N–H and O–H groups in total. The highest BCUT2D eigenvalue weighted by atomic mass is 16.5. The van der Waals surface area contributed by atoms with Gasteiger partial charge >= 0.3 is 0 Å². The minimum atomic E-state index is 0.212. The summed E-state index contributed by atoms with van der Waals surface area (Å²) in [6.45, 7) is 5.92. The molecule has 3 nitrogen and oxygen atoms in total. The second-order valence-corrected chi connectivity index (χ2v) is 5.83. The number of hydrogen-bond donors (Lipinski definition) is 1. The summed E-state index contributed by atoms with van der Waals surface area (Å²) in [5, 5.41) is 3.58. The quantitative estimate of drug-likeness (QED) is 0.901. The third-order valence-electron chi connectivity index (χ3n) is 4.22. The molecule has 1 aliphatic heterocycles. The Hall–Kier alpha value is -1.58. The van der Waals surface area contributed by atoms with Crippen molar-refractivity contribution in [1.82, 2.24) is 5.32 Å². The number of aryl methyl sites for hydroxylation is 1. The Kier molecular flexibility index (Phi) is 4.42. The Morgan fingerprint density at radius 1 is 1.19 bits per heavy atom. The Labute approximate surface area is 126 Å². The maximum Gasteiger partial charge on any atom is 0.120 e. The van der Waals surface area contributed by atoms with E-state index in [1.807, 2.05) is 25.1 Å². The Morgan fingerprint density at radius 2 is 2.00 bits per heavy atom. The summed E-state index contributed by atoms with van der Waals surface area (Å²) in [5.41, 5.74) is 1.28. The van der Waals surface area contributed by atoms with Gasteiger partial charge < -0.3 is 14.5 Å². The number of rotatable bonds is 5. The SMILES string of the molecule is Cc1ccc([C@H](C)NC[C@@H]2CCO[C@@H]2c2ccccc2)o1. The molecule has 3 atom stereocenters.